The van der Waals surface area contributed by atoms with Gasteiger partial charge in [-0.25, -0.2) is 4.98 Å². The lowest BCUT2D eigenvalue weighted by Gasteiger charge is -2.31. The summed E-state index contributed by atoms with van der Waals surface area (Å²) in [4.78, 5) is 19.1. The number of carbonyl (C=O) groups is 1. The Kier molecular flexibility index (Phi) is 4.40. The molecule has 26 heavy (non-hydrogen) atoms. The van der Waals surface area contributed by atoms with E-state index in [0.29, 0.717) is 5.69 Å². The van der Waals surface area contributed by atoms with E-state index in [1.165, 1.54) is 11.3 Å². The zero-order valence-corrected chi connectivity index (χ0v) is 14.8. The molecule has 0 atom stereocenters. The van der Waals surface area contributed by atoms with Crippen LogP contribution in [0.5, 0.6) is 0 Å². The second-order valence-corrected chi connectivity index (χ2v) is 6.61. The summed E-state index contributed by atoms with van der Waals surface area (Å²) in [6.45, 7) is 2.98. The van der Waals surface area contributed by atoms with Crippen molar-refractivity contribution in [2.24, 2.45) is 0 Å². The van der Waals surface area contributed by atoms with Crippen molar-refractivity contribution < 1.29 is 4.79 Å². The van der Waals surface area contributed by atoms with Crippen molar-refractivity contribution in [1.82, 2.24) is 4.98 Å². The van der Waals surface area contributed by atoms with Gasteiger partial charge in [0.05, 0.1) is 11.9 Å². The van der Waals surface area contributed by atoms with Crippen LogP contribution in [-0.4, -0.2) is 17.4 Å². The normalized spacial score (nSPS) is 13.2. The van der Waals surface area contributed by atoms with Crippen LogP contribution in [0.1, 0.15) is 28.0 Å². The highest BCUT2D eigenvalue weighted by molar-refractivity contribution is 6.03. The maximum atomic E-state index is 12.4. The Bertz CT molecular complexity index is 917. The van der Waals surface area contributed by atoms with Gasteiger partial charge in [0.25, 0.3) is 5.91 Å². The number of hydrogen-bond donors (Lipinski definition) is 1. The molecule has 1 N–H and O–H groups in total. The first-order valence-electron chi connectivity index (χ1n) is 8.90. The average molecular weight is 343 g/mol. The lowest BCUT2D eigenvalue weighted by molar-refractivity contribution is 0.102. The zero-order chi connectivity index (χ0) is 17.9. The van der Waals surface area contributed by atoms with E-state index in [1.54, 1.807) is 12.3 Å². The average Bonchev–Trinajstić information content (AvgIpc) is 2.69. The van der Waals surface area contributed by atoms with Gasteiger partial charge in [-0.3, -0.25) is 4.79 Å². The molecule has 4 heteroatoms. The molecule has 1 aliphatic heterocycles. The Labute approximate surface area is 153 Å². The Balaban J connectivity index is 1.52. The third-order valence-corrected chi connectivity index (χ3v) is 4.71. The maximum Gasteiger partial charge on any atom is 0.274 e. The highest BCUT2D eigenvalue weighted by Crippen LogP contribution is 2.32. The Morgan fingerprint density at radius 2 is 1.85 bits per heavy atom. The quantitative estimate of drug-likeness (QED) is 0.748. The molecule has 2 aromatic carbocycles. The molecule has 0 spiro atoms. The topological polar surface area (TPSA) is 45.2 Å². The summed E-state index contributed by atoms with van der Waals surface area (Å²) in [5.74, 6) is -0.195. The highest BCUT2D eigenvalue weighted by Gasteiger charge is 2.18. The number of nitrogens with one attached hydrogen (secondary N) is 1. The van der Waals surface area contributed by atoms with Gasteiger partial charge in [0, 0.05) is 17.9 Å². The number of amides is 1. The number of hydrogen-bond acceptors (Lipinski definition) is 3. The minimum atomic E-state index is -0.195. The van der Waals surface area contributed by atoms with E-state index in [9.17, 15) is 4.79 Å². The van der Waals surface area contributed by atoms with E-state index < -0.39 is 0 Å². The molecule has 0 saturated carbocycles. The molecule has 130 valence electrons. The molecule has 0 bridgehead atoms. The molecule has 3 aromatic rings. The van der Waals surface area contributed by atoms with Crippen molar-refractivity contribution in [1.29, 1.82) is 0 Å². The van der Waals surface area contributed by atoms with Gasteiger partial charge in [0.15, 0.2) is 0 Å². The van der Waals surface area contributed by atoms with Gasteiger partial charge in [0.1, 0.15) is 5.69 Å². The minimum absolute atomic E-state index is 0.195. The van der Waals surface area contributed by atoms with Gasteiger partial charge in [-0.2, -0.15) is 0 Å². The largest absolute Gasteiger partial charge is 0.340 e. The predicted octanol–water partition coefficient (Wildman–Crippen LogP) is 4.73. The number of anilines is 3. The van der Waals surface area contributed by atoms with Crippen molar-refractivity contribution >= 4 is 23.0 Å². The summed E-state index contributed by atoms with van der Waals surface area (Å²) in [7, 11) is 0. The third-order valence-electron chi connectivity index (χ3n) is 4.71. The number of aryl methyl sites for hydroxylation is 2. The summed E-state index contributed by atoms with van der Waals surface area (Å²) in [6.07, 6.45) is 4.01. The van der Waals surface area contributed by atoms with Gasteiger partial charge in [-0.15, -0.1) is 0 Å². The molecule has 4 rings (SSSR count). The first-order chi connectivity index (χ1) is 12.7. The van der Waals surface area contributed by atoms with Crippen LogP contribution in [0.25, 0.3) is 0 Å². The molecule has 0 radical (unpaired) electrons. The van der Waals surface area contributed by atoms with Crippen LogP contribution in [0.4, 0.5) is 17.1 Å². The van der Waals surface area contributed by atoms with E-state index in [2.05, 4.69) is 39.5 Å². The van der Waals surface area contributed by atoms with E-state index >= 15 is 0 Å². The predicted molar refractivity (Wildman–Crippen MR) is 105 cm³/mol. The molecular weight excluding hydrogens is 322 g/mol. The number of pyridine rings is 1. The molecule has 0 aliphatic carbocycles. The first kappa shape index (κ1) is 16.3. The fourth-order valence-corrected chi connectivity index (χ4v) is 3.31. The van der Waals surface area contributed by atoms with Crippen LogP contribution in [0.3, 0.4) is 0 Å². The number of benzene rings is 2. The van der Waals surface area contributed by atoms with E-state index in [-0.39, 0.29) is 5.91 Å². The summed E-state index contributed by atoms with van der Waals surface area (Å²) in [5, 5.41) is 2.89. The SMILES string of the molecule is Cc1ccc(NC(=O)c2ccc(N3CCCc4ccccc43)cn2)cc1. The molecule has 1 aliphatic rings. The number of rotatable bonds is 3. The Morgan fingerprint density at radius 3 is 2.62 bits per heavy atom. The van der Waals surface area contributed by atoms with E-state index in [0.717, 1.165) is 36.3 Å². The third kappa shape index (κ3) is 3.31. The summed E-state index contributed by atoms with van der Waals surface area (Å²) in [6, 6.07) is 20.0. The molecule has 2 heterocycles. The number of para-hydroxylation sites is 1. The number of nitrogens with zero attached hydrogens (tertiary/aromatic N) is 2. The smallest absolute Gasteiger partial charge is 0.274 e. The maximum absolute atomic E-state index is 12.4. The van der Waals surface area contributed by atoms with Crippen molar-refractivity contribution in [2.75, 3.05) is 16.8 Å². The number of carbonyl (C=O) groups excluding carboxylic acids is 1. The molecule has 0 fully saturated rings. The van der Waals surface area contributed by atoms with Crippen LogP contribution in [0.2, 0.25) is 0 Å². The second kappa shape index (κ2) is 7.00. The zero-order valence-electron chi connectivity index (χ0n) is 14.8. The van der Waals surface area contributed by atoms with Gasteiger partial charge >= 0.3 is 0 Å². The van der Waals surface area contributed by atoms with Crippen molar-refractivity contribution in [3.63, 3.8) is 0 Å². The van der Waals surface area contributed by atoms with E-state index in [4.69, 9.17) is 0 Å². The van der Waals surface area contributed by atoms with Crippen molar-refractivity contribution in [3.8, 4) is 0 Å². The standard InChI is InChI=1S/C22H21N3O/c1-16-8-10-18(11-9-16)24-22(26)20-13-12-19(15-23-20)25-14-4-6-17-5-2-3-7-21(17)25/h2-3,5,7-13,15H,4,6,14H2,1H3,(H,24,26). The van der Waals surface area contributed by atoms with Crippen LogP contribution < -0.4 is 10.2 Å². The van der Waals surface area contributed by atoms with E-state index in [1.807, 2.05) is 37.3 Å². The van der Waals surface area contributed by atoms with Crippen molar-refractivity contribution in [3.05, 3.63) is 83.7 Å². The molecule has 0 saturated heterocycles. The Hall–Kier alpha value is -3.14. The van der Waals surface area contributed by atoms with Crippen molar-refractivity contribution in [2.45, 2.75) is 19.8 Å². The summed E-state index contributed by atoms with van der Waals surface area (Å²) in [5.41, 5.74) is 5.96. The Morgan fingerprint density at radius 1 is 1.04 bits per heavy atom. The minimum Gasteiger partial charge on any atom is -0.340 e. The summed E-state index contributed by atoms with van der Waals surface area (Å²) < 4.78 is 0. The number of aromatic nitrogens is 1. The second-order valence-electron chi connectivity index (χ2n) is 6.61. The van der Waals surface area contributed by atoms with Gasteiger partial charge in [-0.1, -0.05) is 35.9 Å². The summed E-state index contributed by atoms with van der Waals surface area (Å²) >= 11 is 0. The van der Waals surface area contributed by atoms with Crippen LogP contribution in [-0.2, 0) is 6.42 Å². The lowest BCUT2D eigenvalue weighted by Crippen LogP contribution is -2.24. The van der Waals surface area contributed by atoms with Crippen LogP contribution in [0, 0.1) is 6.92 Å². The first-order valence-corrected chi connectivity index (χ1v) is 8.90. The molecular formula is C22H21N3O. The molecule has 4 nitrogen and oxygen atoms in total. The molecule has 1 amide bonds. The molecule has 1 aromatic heterocycles. The highest BCUT2D eigenvalue weighted by atomic mass is 16.1. The lowest BCUT2D eigenvalue weighted by atomic mass is 10.0. The monoisotopic (exact) mass is 343 g/mol. The number of fused-ring (bicyclic) bond motifs is 1. The molecule has 0 unspecified atom stereocenters. The van der Waals surface area contributed by atoms with Gasteiger partial charge < -0.3 is 10.2 Å². The van der Waals surface area contributed by atoms with Gasteiger partial charge in [-0.05, 0) is 55.7 Å². The van der Waals surface area contributed by atoms with Crippen LogP contribution in [0.15, 0.2) is 66.9 Å². The fraction of sp³-hybridized carbons (Fsp3) is 0.182. The fourth-order valence-electron chi connectivity index (χ4n) is 3.31. The van der Waals surface area contributed by atoms with Crippen LogP contribution >= 0.6 is 0 Å². The van der Waals surface area contributed by atoms with Gasteiger partial charge in [0.2, 0.25) is 0 Å².